The molecule has 15 heteroatoms. The van der Waals surface area contributed by atoms with Crippen molar-refractivity contribution in [2.45, 2.75) is 102 Å². The van der Waals surface area contributed by atoms with Crippen molar-refractivity contribution >= 4 is 59.2 Å². The number of hydrogen-bond donors (Lipinski definition) is 1. The van der Waals surface area contributed by atoms with Crippen LogP contribution < -0.4 is 5.73 Å². The van der Waals surface area contributed by atoms with E-state index in [1.165, 1.54) is 6.08 Å². The number of likely N-dealkylation sites (tertiary alicyclic amines) is 2. The summed E-state index contributed by atoms with van der Waals surface area (Å²) in [5, 5.41) is 0. The van der Waals surface area contributed by atoms with Gasteiger partial charge in [0.1, 0.15) is 11.2 Å². The molecule has 2 atom stereocenters. The first-order valence-corrected chi connectivity index (χ1v) is 13.5. The highest BCUT2D eigenvalue weighted by Gasteiger charge is 2.32. The van der Waals surface area contributed by atoms with Gasteiger partial charge in [-0.25, -0.2) is 24.2 Å². The van der Waals surface area contributed by atoms with Gasteiger partial charge in [0.15, 0.2) is 0 Å². The van der Waals surface area contributed by atoms with Gasteiger partial charge in [0, 0.05) is 25.7 Å². The smallest absolute Gasteiger partial charge is 0.444 e. The summed E-state index contributed by atoms with van der Waals surface area (Å²) in [6, 6.07) is 0.154. The lowest BCUT2D eigenvalue weighted by Gasteiger charge is -2.27. The van der Waals surface area contributed by atoms with Crippen LogP contribution in [0.2, 0.25) is 0 Å². The molecule has 12 nitrogen and oxygen atoms in total. The molecule has 0 bridgehead atoms. The van der Waals surface area contributed by atoms with Gasteiger partial charge >= 0.3 is 22.3 Å². The molecule has 40 heavy (non-hydrogen) atoms. The van der Waals surface area contributed by atoms with E-state index in [1.54, 1.807) is 9.80 Å². The maximum absolute atomic E-state index is 11.8. The van der Waals surface area contributed by atoms with Gasteiger partial charge in [0.25, 0.3) is 0 Å². The van der Waals surface area contributed by atoms with Gasteiger partial charge in [-0.2, -0.15) is 0 Å². The Bertz CT molecular complexity index is 837. The second-order valence-electron chi connectivity index (χ2n) is 10.6. The van der Waals surface area contributed by atoms with Crippen LogP contribution in [0.5, 0.6) is 0 Å². The first kappa shape index (κ1) is 40.2. The van der Waals surface area contributed by atoms with Crippen LogP contribution >= 0.6 is 34.8 Å². The Balaban J connectivity index is 0. The van der Waals surface area contributed by atoms with E-state index >= 15 is 0 Å². The summed E-state index contributed by atoms with van der Waals surface area (Å²) in [6.07, 6.45) is 3.73. The molecule has 2 heterocycles. The van der Waals surface area contributed by atoms with Crippen molar-refractivity contribution in [3.8, 4) is 0 Å². The van der Waals surface area contributed by atoms with Crippen molar-refractivity contribution < 1.29 is 38.1 Å². The molecule has 234 valence electrons. The molecule has 0 aromatic rings. The zero-order chi connectivity index (χ0) is 30.4. The number of hydrogen-bond acceptors (Lipinski definition) is 10. The summed E-state index contributed by atoms with van der Waals surface area (Å²) in [4.78, 5) is 50.6. The fourth-order valence-electron chi connectivity index (χ4n) is 3.51. The van der Waals surface area contributed by atoms with Gasteiger partial charge in [0.2, 0.25) is 6.08 Å². The van der Waals surface area contributed by atoms with Crippen molar-refractivity contribution in [2.24, 2.45) is 10.7 Å². The predicted molar refractivity (Wildman–Crippen MR) is 154 cm³/mol. The molecule has 0 spiro atoms. The highest BCUT2D eigenvalue weighted by atomic mass is 35.6. The Morgan fingerprint density at radius 3 is 1.62 bits per heavy atom. The number of isocyanates is 1. The standard InChI is InChI=1S/C11H18N2O3.C10H20N2O2.C3H3Cl3O3.CH4/c1-11(2,3)16-10(15)13-6-4-5-9(13)7-12-8-14;1-10(2,3)14-9(13)12-6-4-5-8(12)7-11;1-8-2(7)9-3(4,5)6;/h9H,4-7H2,1-3H3;8H,4-7,11H2,1-3H3;1H3;1H4/t9-;8-;;/m11../s1. The van der Waals surface area contributed by atoms with Crippen LogP contribution in [0.25, 0.3) is 0 Å². The average molecular weight is 636 g/mol. The maximum Gasteiger partial charge on any atom is 0.511 e. The molecule has 2 saturated heterocycles. The minimum Gasteiger partial charge on any atom is -0.444 e. The molecule has 0 radical (unpaired) electrons. The Hall–Kier alpha value is -1.98. The number of amides is 2. The number of alkyl halides is 3. The first-order chi connectivity index (χ1) is 17.8. The van der Waals surface area contributed by atoms with Crippen LogP contribution in [0.15, 0.2) is 4.99 Å². The van der Waals surface area contributed by atoms with Gasteiger partial charge in [-0.15, -0.1) is 0 Å². The van der Waals surface area contributed by atoms with Crippen LogP contribution in [0.1, 0.15) is 74.7 Å². The molecule has 2 fully saturated rings. The minimum absolute atomic E-state index is 0. The Morgan fingerprint density at radius 2 is 1.30 bits per heavy atom. The largest absolute Gasteiger partial charge is 0.511 e. The highest BCUT2D eigenvalue weighted by molar-refractivity contribution is 6.66. The van der Waals surface area contributed by atoms with Gasteiger partial charge in [-0.1, -0.05) is 7.43 Å². The van der Waals surface area contributed by atoms with Crippen molar-refractivity contribution in [3.05, 3.63) is 0 Å². The third-order valence-corrected chi connectivity index (χ3v) is 5.25. The first-order valence-electron chi connectivity index (χ1n) is 12.4. The molecule has 2 aliphatic rings. The fourth-order valence-corrected chi connectivity index (χ4v) is 3.70. The summed E-state index contributed by atoms with van der Waals surface area (Å²) < 4.78 is 16.6. The number of ether oxygens (including phenoxy) is 4. The summed E-state index contributed by atoms with van der Waals surface area (Å²) in [6.45, 7) is 13.4. The lowest BCUT2D eigenvalue weighted by atomic mass is 10.2. The Kier molecular flexibility index (Phi) is 18.5. The lowest BCUT2D eigenvalue weighted by molar-refractivity contribution is 0.0221. The molecule has 2 N–H and O–H groups in total. The van der Waals surface area contributed by atoms with E-state index in [9.17, 15) is 19.2 Å². The Labute approximate surface area is 252 Å². The predicted octanol–water partition coefficient (Wildman–Crippen LogP) is 5.80. The van der Waals surface area contributed by atoms with Crippen LogP contribution in [0, 0.1) is 0 Å². The average Bonchev–Trinajstić information content (AvgIpc) is 3.44. The SMILES string of the molecule is C.CC(C)(C)OC(=O)N1CCC[C@@H]1CN.CC(C)(C)OC(=O)N1CCC[C@@H]1CN=C=O.COC(=O)OC(Cl)(Cl)Cl. The number of rotatable bonds is 3. The quantitative estimate of drug-likeness (QED) is 0.133. The number of halogens is 3. The van der Waals surface area contributed by atoms with Crippen molar-refractivity contribution in [1.82, 2.24) is 9.80 Å². The molecular weight excluding hydrogens is 591 g/mol. The Morgan fingerprint density at radius 1 is 0.875 bits per heavy atom. The topological polar surface area (TPSA) is 150 Å². The molecule has 0 aromatic heterocycles. The normalized spacial score (nSPS) is 18.5. The minimum atomic E-state index is -2.03. The summed E-state index contributed by atoms with van der Waals surface area (Å²) in [5.74, 6) is 0. The summed E-state index contributed by atoms with van der Waals surface area (Å²) >= 11 is 15.0. The van der Waals surface area contributed by atoms with Crippen LogP contribution in [-0.4, -0.2) is 94.8 Å². The van der Waals surface area contributed by atoms with Gasteiger partial charge in [-0.05, 0) is 102 Å². The van der Waals surface area contributed by atoms with Crippen LogP contribution in [-0.2, 0) is 23.7 Å². The van der Waals surface area contributed by atoms with E-state index in [4.69, 9.17) is 50.0 Å². The zero-order valence-electron chi connectivity index (χ0n) is 23.6. The third kappa shape index (κ3) is 18.4. The highest BCUT2D eigenvalue weighted by Crippen LogP contribution is 2.27. The molecule has 0 unspecified atom stereocenters. The molecule has 0 aliphatic carbocycles. The second kappa shape index (κ2) is 18.5. The summed E-state index contributed by atoms with van der Waals surface area (Å²) in [7, 11) is 1.11. The van der Waals surface area contributed by atoms with E-state index < -0.39 is 21.3 Å². The van der Waals surface area contributed by atoms with Crippen molar-refractivity contribution in [3.63, 3.8) is 0 Å². The molecular formula is C25H45Cl3N4O8. The van der Waals surface area contributed by atoms with Gasteiger partial charge in [-0.3, -0.25) is 0 Å². The number of carbonyl (C=O) groups is 3. The van der Waals surface area contributed by atoms with Gasteiger partial charge in [0.05, 0.1) is 19.7 Å². The van der Waals surface area contributed by atoms with E-state index in [1.807, 2.05) is 41.5 Å². The van der Waals surface area contributed by atoms with Gasteiger partial charge < -0.3 is 34.5 Å². The van der Waals surface area contributed by atoms with Crippen LogP contribution in [0.3, 0.4) is 0 Å². The monoisotopic (exact) mass is 634 g/mol. The lowest BCUT2D eigenvalue weighted by Crippen LogP contribution is -2.42. The van der Waals surface area contributed by atoms with Crippen LogP contribution in [0.4, 0.5) is 14.4 Å². The van der Waals surface area contributed by atoms with Crippen molar-refractivity contribution in [2.75, 3.05) is 33.3 Å². The zero-order valence-corrected chi connectivity index (χ0v) is 25.9. The second-order valence-corrected chi connectivity index (χ2v) is 12.8. The molecule has 0 saturated carbocycles. The third-order valence-electron chi connectivity index (χ3n) is 5.01. The number of carbonyl (C=O) groups excluding carboxylic acids is 4. The number of aliphatic imine (C=N–C) groups is 1. The van der Waals surface area contributed by atoms with E-state index in [2.05, 4.69) is 14.5 Å². The van der Waals surface area contributed by atoms with E-state index in [0.717, 1.165) is 39.3 Å². The van der Waals surface area contributed by atoms with E-state index in [-0.39, 0.29) is 31.7 Å². The molecule has 2 aliphatic heterocycles. The van der Waals surface area contributed by atoms with E-state index in [0.29, 0.717) is 19.6 Å². The number of methoxy groups -OCH3 is 1. The molecule has 2 amide bonds. The number of nitrogens with zero attached hydrogens (tertiary/aromatic N) is 3. The van der Waals surface area contributed by atoms with Crippen molar-refractivity contribution in [1.29, 1.82) is 0 Å². The maximum atomic E-state index is 11.8. The molecule has 0 aromatic carbocycles. The number of nitrogens with two attached hydrogens (primary N) is 1. The molecule has 2 rings (SSSR count). The summed E-state index contributed by atoms with van der Waals surface area (Å²) in [5.41, 5.74) is 4.67. The fraction of sp³-hybridized carbons (Fsp3) is 0.840.